The molecular formula is C10H11BrO3. The average molecular weight is 259 g/mol. The topological polar surface area (TPSA) is 43.4 Å². The van der Waals surface area contributed by atoms with E-state index in [0.29, 0.717) is 13.0 Å². The molecule has 3 aliphatic rings. The van der Waals surface area contributed by atoms with Crippen molar-refractivity contribution in [1.29, 1.82) is 0 Å². The first-order valence-electron chi connectivity index (χ1n) is 4.72. The zero-order chi connectivity index (χ0) is 10.3. The molecule has 0 amide bonds. The van der Waals surface area contributed by atoms with Crippen molar-refractivity contribution in [2.24, 2.45) is 11.8 Å². The lowest BCUT2D eigenvalue weighted by atomic mass is 9.72. The zero-order valence-electron chi connectivity index (χ0n) is 7.83. The number of ether oxygens (including phenoxy) is 1. The van der Waals surface area contributed by atoms with E-state index in [1.54, 1.807) is 0 Å². The maximum Gasteiger partial charge on any atom is 0.209 e. The Hall–Kier alpha value is -0.480. The molecule has 14 heavy (non-hydrogen) atoms. The molecule has 1 saturated carbocycles. The monoisotopic (exact) mass is 258 g/mol. The van der Waals surface area contributed by atoms with Gasteiger partial charge in [-0.3, -0.25) is 9.59 Å². The van der Waals surface area contributed by atoms with Crippen LogP contribution in [-0.4, -0.2) is 24.3 Å². The van der Waals surface area contributed by atoms with E-state index in [-0.39, 0.29) is 29.5 Å². The molecule has 2 bridgehead atoms. The first-order chi connectivity index (χ1) is 6.65. The molecule has 0 radical (unpaired) electrons. The van der Waals surface area contributed by atoms with Crippen molar-refractivity contribution >= 4 is 27.5 Å². The van der Waals surface area contributed by atoms with E-state index in [9.17, 15) is 9.59 Å². The molecule has 0 aromatic carbocycles. The van der Waals surface area contributed by atoms with Crippen molar-refractivity contribution in [2.45, 2.75) is 19.4 Å². The summed E-state index contributed by atoms with van der Waals surface area (Å²) in [5, 5.41) is 0. The van der Waals surface area contributed by atoms with Crippen LogP contribution in [0.1, 0.15) is 13.3 Å². The minimum absolute atomic E-state index is 0.116. The minimum atomic E-state index is -0.382. The standard InChI is InChI=1S/C10H11BrO3/c1-2-14-7-4-5-3-6(11)8(7)10(13)9(5)12/h3,5,7-8H,2,4H2,1H3/t5-,7-,8+/m1/s1. The second kappa shape index (κ2) is 3.59. The smallest absolute Gasteiger partial charge is 0.209 e. The van der Waals surface area contributed by atoms with Gasteiger partial charge >= 0.3 is 0 Å². The highest BCUT2D eigenvalue weighted by Gasteiger charge is 2.48. The van der Waals surface area contributed by atoms with E-state index < -0.39 is 0 Å². The van der Waals surface area contributed by atoms with E-state index in [1.165, 1.54) is 0 Å². The Morgan fingerprint density at radius 1 is 1.50 bits per heavy atom. The van der Waals surface area contributed by atoms with Crippen LogP contribution in [0, 0.1) is 11.8 Å². The van der Waals surface area contributed by atoms with Crippen LogP contribution in [0.15, 0.2) is 10.6 Å². The maximum absolute atomic E-state index is 11.6. The molecule has 3 rings (SSSR count). The van der Waals surface area contributed by atoms with E-state index in [4.69, 9.17) is 4.74 Å². The fourth-order valence-electron chi connectivity index (χ4n) is 2.12. The molecule has 0 aromatic rings. The first kappa shape index (κ1) is 10.1. The van der Waals surface area contributed by atoms with Gasteiger partial charge in [0.25, 0.3) is 0 Å². The molecule has 3 atom stereocenters. The van der Waals surface area contributed by atoms with Gasteiger partial charge in [0.15, 0.2) is 0 Å². The first-order valence-corrected chi connectivity index (χ1v) is 5.51. The van der Waals surface area contributed by atoms with Gasteiger partial charge in [-0.25, -0.2) is 0 Å². The highest BCUT2D eigenvalue weighted by atomic mass is 79.9. The summed E-state index contributed by atoms with van der Waals surface area (Å²) in [5.41, 5.74) is 0. The van der Waals surface area contributed by atoms with Gasteiger partial charge < -0.3 is 4.74 Å². The summed E-state index contributed by atoms with van der Waals surface area (Å²) in [6, 6.07) is 0. The third-order valence-corrected chi connectivity index (χ3v) is 3.52. The number of Topliss-reactive ketones (excluding diaryl/α,β-unsaturated/α-hetero) is 2. The molecule has 3 nitrogen and oxygen atoms in total. The molecule has 3 aliphatic carbocycles. The van der Waals surface area contributed by atoms with Crippen LogP contribution >= 0.6 is 15.9 Å². The van der Waals surface area contributed by atoms with Gasteiger partial charge in [-0.05, 0) is 13.3 Å². The van der Waals surface area contributed by atoms with Crippen LogP contribution < -0.4 is 0 Å². The Labute approximate surface area is 90.6 Å². The van der Waals surface area contributed by atoms with E-state index in [0.717, 1.165) is 4.48 Å². The lowest BCUT2D eigenvalue weighted by molar-refractivity contribution is -0.148. The molecule has 1 fully saturated rings. The molecule has 76 valence electrons. The predicted octanol–water partition coefficient (Wildman–Crippen LogP) is 1.46. The summed E-state index contributed by atoms with van der Waals surface area (Å²) in [4.78, 5) is 23.0. The summed E-state index contributed by atoms with van der Waals surface area (Å²) in [5.74, 6) is -1.20. The van der Waals surface area contributed by atoms with Crippen molar-refractivity contribution in [1.82, 2.24) is 0 Å². The Balaban J connectivity index is 2.30. The highest BCUT2D eigenvalue weighted by Crippen LogP contribution is 2.40. The van der Waals surface area contributed by atoms with E-state index >= 15 is 0 Å². The zero-order valence-corrected chi connectivity index (χ0v) is 9.41. The van der Waals surface area contributed by atoms with Crippen molar-refractivity contribution in [2.75, 3.05) is 6.61 Å². The van der Waals surface area contributed by atoms with Crippen LogP contribution in [0.2, 0.25) is 0 Å². The number of fused-ring (bicyclic) bond motifs is 2. The van der Waals surface area contributed by atoms with Crippen LogP contribution in [0.5, 0.6) is 0 Å². The van der Waals surface area contributed by atoms with Crippen molar-refractivity contribution in [3.05, 3.63) is 10.6 Å². The average Bonchev–Trinajstić information content (AvgIpc) is 2.13. The van der Waals surface area contributed by atoms with E-state index in [2.05, 4.69) is 15.9 Å². The van der Waals surface area contributed by atoms with Crippen LogP contribution in [0.4, 0.5) is 0 Å². The second-order valence-electron chi connectivity index (χ2n) is 3.59. The molecule has 0 aliphatic heterocycles. The molecule has 0 N–H and O–H groups in total. The molecular weight excluding hydrogens is 248 g/mol. The Morgan fingerprint density at radius 3 is 2.79 bits per heavy atom. The molecule has 0 spiro atoms. The SMILES string of the molecule is CCO[C@@H]1C[C@H]2C=C(Br)[C@@H]1C(=O)C2=O. The van der Waals surface area contributed by atoms with Gasteiger partial charge in [-0.15, -0.1) is 0 Å². The number of rotatable bonds is 2. The summed E-state index contributed by atoms with van der Waals surface area (Å²) >= 11 is 3.33. The Bertz CT molecular complexity index is 321. The Kier molecular flexibility index (Phi) is 2.58. The van der Waals surface area contributed by atoms with Crippen molar-refractivity contribution in [3.63, 3.8) is 0 Å². The predicted molar refractivity (Wildman–Crippen MR) is 54.0 cm³/mol. The number of ketones is 2. The van der Waals surface area contributed by atoms with Gasteiger partial charge in [0.2, 0.25) is 11.6 Å². The lowest BCUT2D eigenvalue weighted by Crippen LogP contribution is -2.48. The number of carbonyl (C=O) groups is 2. The van der Waals surface area contributed by atoms with Crippen molar-refractivity contribution < 1.29 is 14.3 Å². The quantitative estimate of drug-likeness (QED) is 0.705. The van der Waals surface area contributed by atoms with Gasteiger partial charge in [-0.2, -0.15) is 0 Å². The van der Waals surface area contributed by atoms with Gasteiger partial charge in [-0.1, -0.05) is 22.0 Å². The van der Waals surface area contributed by atoms with Crippen LogP contribution in [0.25, 0.3) is 0 Å². The maximum atomic E-state index is 11.6. The minimum Gasteiger partial charge on any atom is -0.377 e. The highest BCUT2D eigenvalue weighted by molar-refractivity contribution is 9.11. The molecule has 0 saturated heterocycles. The largest absolute Gasteiger partial charge is 0.377 e. The van der Waals surface area contributed by atoms with Gasteiger partial charge in [0, 0.05) is 17.0 Å². The number of hydrogen-bond donors (Lipinski definition) is 0. The summed E-state index contributed by atoms with van der Waals surface area (Å²) in [6.45, 7) is 2.47. The summed E-state index contributed by atoms with van der Waals surface area (Å²) < 4.78 is 6.28. The van der Waals surface area contributed by atoms with Crippen LogP contribution in [-0.2, 0) is 14.3 Å². The lowest BCUT2D eigenvalue weighted by Gasteiger charge is -2.37. The van der Waals surface area contributed by atoms with Crippen molar-refractivity contribution in [3.8, 4) is 0 Å². The molecule has 0 unspecified atom stereocenters. The van der Waals surface area contributed by atoms with Gasteiger partial charge in [0.05, 0.1) is 12.0 Å². The normalized spacial score (nSPS) is 36.1. The number of hydrogen-bond acceptors (Lipinski definition) is 3. The van der Waals surface area contributed by atoms with Gasteiger partial charge in [0.1, 0.15) is 0 Å². The van der Waals surface area contributed by atoms with Crippen LogP contribution in [0.3, 0.4) is 0 Å². The fraction of sp³-hybridized carbons (Fsp3) is 0.600. The third kappa shape index (κ3) is 1.37. The van der Waals surface area contributed by atoms with E-state index in [1.807, 2.05) is 13.0 Å². The number of halogens is 1. The number of carbonyl (C=O) groups excluding carboxylic acids is 2. The molecule has 4 heteroatoms. The third-order valence-electron chi connectivity index (χ3n) is 2.76. The Morgan fingerprint density at radius 2 is 2.21 bits per heavy atom. The number of allylic oxidation sites excluding steroid dienone is 1. The molecule has 0 heterocycles. The summed E-state index contributed by atoms with van der Waals surface area (Å²) in [6.07, 6.45) is 2.37. The summed E-state index contributed by atoms with van der Waals surface area (Å²) in [7, 11) is 0. The molecule has 0 aromatic heterocycles. The second-order valence-corrected chi connectivity index (χ2v) is 4.51. The fourth-order valence-corrected chi connectivity index (χ4v) is 2.94.